The number of rotatable bonds is 6. The van der Waals surface area contributed by atoms with Crippen molar-refractivity contribution in [1.29, 1.82) is 0 Å². The maximum absolute atomic E-state index is 3.33. The lowest BCUT2D eigenvalue weighted by molar-refractivity contribution is 0.206. The Bertz CT molecular complexity index is 330. The molecule has 0 aliphatic heterocycles. The number of nitrogens with one attached hydrogen (secondary N) is 1. The first kappa shape index (κ1) is 13.6. The van der Waals surface area contributed by atoms with Crippen LogP contribution in [0.2, 0.25) is 0 Å². The first-order valence-corrected chi connectivity index (χ1v) is 7.21. The molecule has 0 radical (unpaired) electrons. The Balaban J connectivity index is 1.99. The molecule has 2 nitrogen and oxygen atoms in total. The van der Waals surface area contributed by atoms with Crippen LogP contribution in [0.3, 0.4) is 0 Å². The van der Waals surface area contributed by atoms with E-state index in [9.17, 15) is 0 Å². The quantitative estimate of drug-likeness (QED) is 0.830. The van der Waals surface area contributed by atoms with Gasteiger partial charge in [-0.25, -0.2) is 0 Å². The molecular weight excluding hydrogens is 220 g/mol. The molecule has 1 aliphatic carbocycles. The summed E-state index contributed by atoms with van der Waals surface area (Å²) in [6.07, 6.45) is 5.71. The average Bonchev–Trinajstić information content (AvgIpc) is 2.89. The van der Waals surface area contributed by atoms with Gasteiger partial charge >= 0.3 is 0 Å². The van der Waals surface area contributed by atoms with Gasteiger partial charge in [-0.05, 0) is 38.4 Å². The molecule has 2 heteroatoms. The van der Waals surface area contributed by atoms with Gasteiger partial charge in [0.15, 0.2) is 0 Å². The topological polar surface area (TPSA) is 15.3 Å². The van der Waals surface area contributed by atoms with Crippen molar-refractivity contribution in [2.75, 3.05) is 27.2 Å². The zero-order chi connectivity index (χ0) is 12.8. The fourth-order valence-electron chi connectivity index (χ4n) is 3.12. The molecule has 1 saturated carbocycles. The van der Waals surface area contributed by atoms with E-state index in [-0.39, 0.29) is 0 Å². The van der Waals surface area contributed by atoms with Crippen molar-refractivity contribution in [3.05, 3.63) is 35.9 Å². The molecule has 0 saturated heterocycles. The van der Waals surface area contributed by atoms with Gasteiger partial charge in [-0.1, -0.05) is 43.2 Å². The first-order valence-electron chi connectivity index (χ1n) is 7.21. The number of hydrogen-bond acceptors (Lipinski definition) is 2. The van der Waals surface area contributed by atoms with E-state index in [0.717, 1.165) is 12.5 Å². The minimum atomic E-state index is 0.497. The van der Waals surface area contributed by atoms with Crippen LogP contribution in [0, 0.1) is 5.92 Å². The van der Waals surface area contributed by atoms with Crippen molar-refractivity contribution in [3.8, 4) is 0 Å². The van der Waals surface area contributed by atoms with Crippen LogP contribution in [0.4, 0.5) is 0 Å². The number of nitrogens with zero attached hydrogens (tertiary/aromatic N) is 1. The van der Waals surface area contributed by atoms with Crippen LogP contribution < -0.4 is 5.32 Å². The third-order valence-electron chi connectivity index (χ3n) is 4.13. The molecule has 18 heavy (non-hydrogen) atoms. The van der Waals surface area contributed by atoms with Gasteiger partial charge < -0.3 is 5.32 Å². The molecule has 1 unspecified atom stereocenters. The number of hydrogen-bond donors (Lipinski definition) is 1. The Kier molecular flexibility index (Phi) is 5.21. The maximum Gasteiger partial charge on any atom is 0.0469 e. The van der Waals surface area contributed by atoms with Crippen LogP contribution in [-0.4, -0.2) is 32.1 Å². The monoisotopic (exact) mass is 246 g/mol. The van der Waals surface area contributed by atoms with E-state index in [4.69, 9.17) is 0 Å². The molecule has 0 aromatic heterocycles. The highest BCUT2D eigenvalue weighted by Gasteiger charge is 2.22. The summed E-state index contributed by atoms with van der Waals surface area (Å²) in [4.78, 5) is 2.53. The van der Waals surface area contributed by atoms with Crippen molar-refractivity contribution in [3.63, 3.8) is 0 Å². The van der Waals surface area contributed by atoms with Gasteiger partial charge in [0.1, 0.15) is 0 Å². The molecular formula is C16H26N2. The second kappa shape index (κ2) is 6.91. The van der Waals surface area contributed by atoms with Crippen LogP contribution in [-0.2, 0) is 0 Å². The summed E-state index contributed by atoms with van der Waals surface area (Å²) in [5.74, 6) is 0.915. The van der Waals surface area contributed by atoms with Gasteiger partial charge in [-0.15, -0.1) is 0 Å². The molecule has 1 aromatic carbocycles. The summed E-state index contributed by atoms with van der Waals surface area (Å²) < 4.78 is 0. The zero-order valence-corrected chi connectivity index (χ0v) is 11.7. The fraction of sp³-hybridized carbons (Fsp3) is 0.625. The first-order chi connectivity index (χ1) is 8.81. The summed E-state index contributed by atoms with van der Waals surface area (Å²) in [7, 11) is 4.31. The Hall–Kier alpha value is -0.860. The molecule has 1 aliphatic rings. The van der Waals surface area contributed by atoms with Crippen LogP contribution in [0.1, 0.15) is 37.3 Å². The normalized spacial score (nSPS) is 18.4. The standard InChI is InChI=1S/C16H26N2/c1-17-12-16(15-10-4-3-5-11-15)18(2)13-14-8-6-7-9-14/h3-5,10-11,14,16-17H,6-9,12-13H2,1-2H3. The van der Waals surface area contributed by atoms with E-state index in [1.165, 1.54) is 37.8 Å². The van der Waals surface area contributed by atoms with Gasteiger partial charge in [0.25, 0.3) is 0 Å². The largest absolute Gasteiger partial charge is 0.318 e. The van der Waals surface area contributed by atoms with Crippen LogP contribution in [0.25, 0.3) is 0 Å². The molecule has 1 aromatic rings. The summed E-state index contributed by atoms with van der Waals surface area (Å²) in [6, 6.07) is 11.4. The average molecular weight is 246 g/mol. The van der Waals surface area contributed by atoms with Crippen molar-refractivity contribution in [1.82, 2.24) is 10.2 Å². The molecule has 0 amide bonds. The lowest BCUT2D eigenvalue weighted by atomic mass is 10.0. The van der Waals surface area contributed by atoms with Crippen LogP contribution in [0.5, 0.6) is 0 Å². The van der Waals surface area contributed by atoms with E-state index < -0.39 is 0 Å². The van der Waals surface area contributed by atoms with Gasteiger partial charge in [-0.2, -0.15) is 0 Å². The van der Waals surface area contributed by atoms with Gasteiger partial charge in [0, 0.05) is 19.1 Å². The van der Waals surface area contributed by atoms with Crippen molar-refractivity contribution >= 4 is 0 Å². The van der Waals surface area contributed by atoms with Gasteiger partial charge in [0.05, 0.1) is 0 Å². The lowest BCUT2D eigenvalue weighted by Gasteiger charge is -2.30. The highest BCUT2D eigenvalue weighted by molar-refractivity contribution is 5.19. The predicted molar refractivity (Wildman–Crippen MR) is 77.7 cm³/mol. The summed E-state index contributed by atoms with van der Waals surface area (Å²) >= 11 is 0. The maximum atomic E-state index is 3.33. The smallest absolute Gasteiger partial charge is 0.0469 e. The Morgan fingerprint density at radius 2 is 1.89 bits per heavy atom. The molecule has 0 spiro atoms. The summed E-state index contributed by atoms with van der Waals surface area (Å²) in [5, 5.41) is 3.33. The van der Waals surface area contributed by atoms with E-state index in [2.05, 4.69) is 47.6 Å². The van der Waals surface area contributed by atoms with E-state index in [1.54, 1.807) is 0 Å². The molecule has 100 valence electrons. The van der Waals surface area contributed by atoms with Gasteiger partial charge in [0.2, 0.25) is 0 Å². The fourth-order valence-corrected chi connectivity index (χ4v) is 3.12. The molecule has 1 N–H and O–H groups in total. The van der Waals surface area contributed by atoms with Gasteiger partial charge in [-0.3, -0.25) is 4.90 Å². The highest BCUT2D eigenvalue weighted by atomic mass is 15.1. The van der Waals surface area contributed by atoms with E-state index >= 15 is 0 Å². The number of benzene rings is 1. The van der Waals surface area contributed by atoms with E-state index in [1.807, 2.05) is 7.05 Å². The minimum absolute atomic E-state index is 0.497. The highest BCUT2D eigenvalue weighted by Crippen LogP contribution is 2.28. The number of likely N-dealkylation sites (N-methyl/N-ethyl adjacent to an activating group) is 2. The summed E-state index contributed by atoms with van der Waals surface area (Å²) in [5.41, 5.74) is 1.42. The Labute approximate surface area is 111 Å². The Morgan fingerprint density at radius 3 is 2.50 bits per heavy atom. The zero-order valence-electron chi connectivity index (χ0n) is 11.7. The SMILES string of the molecule is CNCC(c1ccccc1)N(C)CC1CCCC1. The van der Waals surface area contributed by atoms with E-state index in [0.29, 0.717) is 6.04 Å². The molecule has 2 rings (SSSR count). The molecule has 0 heterocycles. The Morgan fingerprint density at radius 1 is 1.22 bits per heavy atom. The van der Waals surface area contributed by atoms with Crippen molar-refractivity contribution in [2.24, 2.45) is 5.92 Å². The molecule has 1 fully saturated rings. The van der Waals surface area contributed by atoms with Crippen LogP contribution in [0.15, 0.2) is 30.3 Å². The minimum Gasteiger partial charge on any atom is -0.318 e. The van der Waals surface area contributed by atoms with Crippen molar-refractivity contribution in [2.45, 2.75) is 31.7 Å². The second-order valence-corrected chi connectivity index (χ2v) is 5.57. The second-order valence-electron chi connectivity index (χ2n) is 5.57. The molecule has 0 bridgehead atoms. The third kappa shape index (κ3) is 3.56. The molecule has 1 atom stereocenters. The third-order valence-corrected chi connectivity index (χ3v) is 4.13. The lowest BCUT2D eigenvalue weighted by Crippen LogP contribution is -2.34. The van der Waals surface area contributed by atoms with Crippen molar-refractivity contribution < 1.29 is 0 Å². The van der Waals surface area contributed by atoms with Crippen LogP contribution >= 0.6 is 0 Å². The predicted octanol–water partition coefficient (Wildman–Crippen LogP) is 3.07. The summed E-state index contributed by atoms with van der Waals surface area (Å²) in [6.45, 7) is 2.26.